The Morgan fingerprint density at radius 2 is 2.05 bits per heavy atom. The molecule has 8 heteroatoms. The van der Waals surface area contributed by atoms with Crippen LogP contribution in [0.15, 0.2) is 24.5 Å². The van der Waals surface area contributed by atoms with E-state index in [1.807, 2.05) is 10.8 Å². The molecule has 0 bridgehead atoms. The van der Waals surface area contributed by atoms with Crippen molar-refractivity contribution >= 4 is 11.6 Å². The van der Waals surface area contributed by atoms with E-state index in [-0.39, 0.29) is 5.82 Å². The average molecular weight is 297 g/mol. The number of rotatable bonds is 2. The number of imidazole rings is 1. The maximum Gasteiger partial charge on any atom is 0.416 e. The van der Waals surface area contributed by atoms with Gasteiger partial charge in [0.1, 0.15) is 17.5 Å². The van der Waals surface area contributed by atoms with Crippen LogP contribution in [0.5, 0.6) is 0 Å². The molecule has 112 valence electrons. The van der Waals surface area contributed by atoms with Crippen LogP contribution in [0.25, 0.3) is 0 Å². The normalized spacial score (nSPS) is 15.0. The zero-order valence-corrected chi connectivity index (χ0v) is 11.4. The number of halogens is 3. The van der Waals surface area contributed by atoms with Crippen LogP contribution < -0.4 is 10.2 Å². The second-order valence-corrected chi connectivity index (χ2v) is 4.81. The van der Waals surface area contributed by atoms with Crippen molar-refractivity contribution < 1.29 is 13.2 Å². The van der Waals surface area contributed by atoms with E-state index in [1.165, 1.54) is 0 Å². The Labute approximate surface area is 119 Å². The maximum absolute atomic E-state index is 13.0. The van der Waals surface area contributed by atoms with E-state index >= 15 is 0 Å². The minimum atomic E-state index is -4.39. The van der Waals surface area contributed by atoms with Gasteiger partial charge in [-0.25, -0.2) is 9.97 Å². The largest absolute Gasteiger partial charge is 0.416 e. The highest BCUT2D eigenvalue weighted by Gasteiger charge is 2.32. The number of hydrogen-bond donors (Lipinski definition) is 1. The molecular weight excluding hydrogens is 283 g/mol. The number of anilines is 2. The molecule has 0 radical (unpaired) electrons. The molecule has 3 heterocycles. The summed E-state index contributed by atoms with van der Waals surface area (Å²) in [7, 11) is 1.55. The number of nitrogens with one attached hydrogen (secondary N) is 1. The van der Waals surface area contributed by atoms with Gasteiger partial charge in [0, 0.05) is 32.5 Å². The molecule has 0 amide bonds. The lowest BCUT2D eigenvalue weighted by Crippen LogP contribution is -2.34. The lowest BCUT2D eigenvalue weighted by molar-refractivity contribution is -0.137. The molecule has 1 aliphatic heterocycles. The molecule has 0 spiro atoms. The molecule has 3 rings (SSSR count). The van der Waals surface area contributed by atoms with Gasteiger partial charge in [-0.05, 0) is 12.1 Å². The Morgan fingerprint density at radius 1 is 1.24 bits per heavy atom. The Morgan fingerprint density at radius 3 is 2.76 bits per heavy atom. The third kappa shape index (κ3) is 2.65. The van der Waals surface area contributed by atoms with E-state index in [9.17, 15) is 13.2 Å². The summed E-state index contributed by atoms with van der Waals surface area (Å²) in [5, 5.41) is 2.67. The predicted molar refractivity (Wildman–Crippen MR) is 72.1 cm³/mol. The summed E-state index contributed by atoms with van der Waals surface area (Å²) in [5.74, 6) is 1.34. The first-order valence-corrected chi connectivity index (χ1v) is 6.49. The SMILES string of the molecule is CNc1cc(C(F)(F)F)cc(N2CCn3ccnc3C2)n1. The van der Waals surface area contributed by atoms with Gasteiger partial charge in [-0.3, -0.25) is 0 Å². The summed E-state index contributed by atoms with van der Waals surface area (Å²) in [6.45, 7) is 1.73. The van der Waals surface area contributed by atoms with Crippen LogP contribution in [-0.4, -0.2) is 28.1 Å². The van der Waals surface area contributed by atoms with Gasteiger partial charge in [0.05, 0.1) is 12.1 Å². The van der Waals surface area contributed by atoms with Gasteiger partial charge in [0.25, 0.3) is 0 Å². The third-order valence-corrected chi connectivity index (χ3v) is 3.46. The Hall–Kier alpha value is -2.25. The Bertz CT molecular complexity index is 649. The van der Waals surface area contributed by atoms with Gasteiger partial charge in [-0.2, -0.15) is 13.2 Å². The van der Waals surface area contributed by atoms with Crippen LogP contribution in [-0.2, 0) is 19.3 Å². The summed E-state index contributed by atoms with van der Waals surface area (Å²) in [5.41, 5.74) is -0.703. The third-order valence-electron chi connectivity index (χ3n) is 3.46. The van der Waals surface area contributed by atoms with Crippen molar-refractivity contribution in [3.63, 3.8) is 0 Å². The molecular formula is C13H14F3N5. The number of hydrogen-bond acceptors (Lipinski definition) is 4. The van der Waals surface area contributed by atoms with Crippen LogP contribution in [0.2, 0.25) is 0 Å². The highest BCUT2D eigenvalue weighted by molar-refractivity contribution is 5.51. The minimum Gasteiger partial charge on any atom is -0.373 e. The molecule has 21 heavy (non-hydrogen) atoms. The number of aromatic nitrogens is 3. The Balaban J connectivity index is 1.95. The molecule has 5 nitrogen and oxygen atoms in total. The van der Waals surface area contributed by atoms with Gasteiger partial charge < -0.3 is 14.8 Å². The lowest BCUT2D eigenvalue weighted by Gasteiger charge is -2.29. The number of alkyl halides is 3. The van der Waals surface area contributed by atoms with Gasteiger partial charge in [-0.15, -0.1) is 0 Å². The molecule has 1 aliphatic rings. The molecule has 2 aromatic heterocycles. The summed E-state index contributed by atoms with van der Waals surface area (Å²) in [6, 6.07) is 2.09. The number of pyridine rings is 1. The smallest absolute Gasteiger partial charge is 0.373 e. The van der Waals surface area contributed by atoms with E-state index < -0.39 is 11.7 Å². The van der Waals surface area contributed by atoms with E-state index in [2.05, 4.69) is 15.3 Å². The molecule has 0 saturated carbocycles. The van der Waals surface area contributed by atoms with Gasteiger partial charge in [-0.1, -0.05) is 0 Å². The molecule has 0 saturated heterocycles. The van der Waals surface area contributed by atoms with E-state index in [4.69, 9.17) is 0 Å². The second-order valence-electron chi connectivity index (χ2n) is 4.81. The summed E-state index contributed by atoms with van der Waals surface area (Å²) in [4.78, 5) is 10.2. The van der Waals surface area contributed by atoms with Crippen molar-refractivity contribution in [1.82, 2.24) is 14.5 Å². The van der Waals surface area contributed by atoms with Crippen molar-refractivity contribution in [2.24, 2.45) is 0 Å². The first-order valence-electron chi connectivity index (χ1n) is 6.49. The molecule has 0 atom stereocenters. The van der Waals surface area contributed by atoms with Crippen molar-refractivity contribution in [2.45, 2.75) is 19.3 Å². The Kier molecular flexibility index (Phi) is 3.23. The summed E-state index contributed by atoms with van der Waals surface area (Å²) in [6.07, 6.45) is -0.833. The van der Waals surface area contributed by atoms with Gasteiger partial charge in [0.15, 0.2) is 0 Å². The molecule has 0 fully saturated rings. The van der Waals surface area contributed by atoms with Gasteiger partial charge in [0.2, 0.25) is 0 Å². The second kappa shape index (κ2) is 4.94. The summed E-state index contributed by atoms with van der Waals surface area (Å²) < 4.78 is 40.8. The van der Waals surface area contributed by atoms with Crippen molar-refractivity contribution in [3.8, 4) is 0 Å². The van der Waals surface area contributed by atoms with Crippen LogP contribution in [0, 0.1) is 0 Å². The molecule has 2 aromatic rings. The molecule has 0 aromatic carbocycles. The van der Waals surface area contributed by atoms with Gasteiger partial charge >= 0.3 is 6.18 Å². The first kappa shape index (κ1) is 13.7. The van der Waals surface area contributed by atoms with E-state index in [0.717, 1.165) is 18.0 Å². The maximum atomic E-state index is 13.0. The fourth-order valence-electron chi connectivity index (χ4n) is 2.34. The number of fused-ring (bicyclic) bond motifs is 1. The van der Waals surface area contributed by atoms with E-state index in [1.54, 1.807) is 18.1 Å². The highest BCUT2D eigenvalue weighted by Crippen LogP contribution is 2.33. The number of nitrogens with zero attached hydrogens (tertiary/aromatic N) is 4. The average Bonchev–Trinajstić information content (AvgIpc) is 2.93. The van der Waals surface area contributed by atoms with Crippen molar-refractivity contribution in [3.05, 3.63) is 35.9 Å². The van der Waals surface area contributed by atoms with Crippen LogP contribution in [0.3, 0.4) is 0 Å². The topological polar surface area (TPSA) is 46.0 Å². The van der Waals surface area contributed by atoms with Crippen LogP contribution in [0.4, 0.5) is 24.8 Å². The van der Waals surface area contributed by atoms with E-state index in [0.29, 0.717) is 25.5 Å². The molecule has 0 unspecified atom stereocenters. The fraction of sp³-hybridized carbons (Fsp3) is 0.385. The zero-order valence-electron chi connectivity index (χ0n) is 11.4. The zero-order chi connectivity index (χ0) is 15.0. The van der Waals surface area contributed by atoms with Crippen molar-refractivity contribution in [1.29, 1.82) is 0 Å². The molecule has 0 aliphatic carbocycles. The predicted octanol–water partition coefficient (Wildman–Crippen LogP) is 2.36. The quantitative estimate of drug-likeness (QED) is 0.924. The standard InChI is InChI=1S/C13H14F3N5/c1-17-10-6-9(13(14,15)16)7-11(19-10)21-5-4-20-3-2-18-12(20)8-21/h2-3,6-7H,4-5,8H2,1H3,(H,17,19). The lowest BCUT2D eigenvalue weighted by atomic mass is 10.2. The van der Waals surface area contributed by atoms with Crippen LogP contribution >= 0.6 is 0 Å². The first-order chi connectivity index (χ1) is 9.97. The van der Waals surface area contributed by atoms with Crippen molar-refractivity contribution in [2.75, 3.05) is 23.8 Å². The fourth-order valence-corrected chi connectivity index (χ4v) is 2.34. The molecule has 1 N–H and O–H groups in total. The monoisotopic (exact) mass is 297 g/mol. The highest BCUT2D eigenvalue weighted by atomic mass is 19.4. The minimum absolute atomic E-state index is 0.203. The summed E-state index contributed by atoms with van der Waals surface area (Å²) >= 11 is 0. The van der Waals surface area contributed by atoms with Crippen LogP contribution in [0.1, 0.15) is 11.4 Å².